The van der Waals surface area contributed by atoms with Crippen molar-refractivity contribution in [3.8, 4) is 17.2 Å². The van der Waals surface area contributed by atoms with Gasteiger partial charge in [0.1, 0.15) is 23.9 Å². The Balaban J connectivity index is 1.55. The van der Waals surface area contributed by atoms with Gasteiger partial charge in [0.15, 0.2) is 11.0 Å². The molecule has 11 heteroatoms. The van der Waals surface area contributed by atoms with E-state index in [0.29, 0.717) is 28.4 Å². The van der Waals surface area contributed by atoms with Crippen molar-refractivity contribution in [1.29, 1.82) is 0 Å². The van der Waals surface area contributed by atoms with E-state index in [1.807, 2.05) is 47.9 Å². The molecular formula is C22H20ClF2N5O2S. The van der Waals surface area contributed by atoms with E-state index < -0.39 is 6.55 Å². The third-order valence-corrected chi connectivity index (χ3v) is 5.75. The van der Waals surface area contributed by atoms with Gasteiger partial charge in [0.05, 0.1) is 12.4 Å². The zero-order valence-corrected chi connectivity index (χ0v) is 19.1. The molecular weight excluding hydrogens is 472 g/mol. The van der Waals surface area contributed by atoms with Crippen molar-refractivity contribution in [2.24, 2.45) is 0 Å². The lowest BCUT2D eigenvalue weighted by Gasteiger charge is -2.12. The number of halogens is 3. The van der Waals surface area contributed by atoms with Crippen LogP contribution in [0.5, 0.6) is 11.5 Å². The lowest BCUT2D eigenvalue weighted by Crippen LogP contribution is -2.07. The predicted molar refractivity (Wildman–Crippen MR) is 121 cm³/mol. The molecule has 33 heavy (non-hydrogen) atoms. The van der Waals surface area contributed by atoms with Gasteiger partial charge in [-0.2, -0.15) is 8.78 Å². The fourth-order valence-corrected chi connectivity index (χ4v) is 4.09. The van der Waals surface area contributed by atoms with Crippen LogP contribution in [0.4, 0.5) is 8.78 Å². The SMILES string of the molecule is CCOc1ccc(OCc2nnc(SCc3nccn3C(F)F)n2-c2ccc(Cl)cc2)cc1. The second-order valence-electron chi connectivity index (χ2n) is 6.72. The van der Waals surface area contributed by atoms with E-state index in [1.54, 1.807) is 12.1 Å². The van der Waals surface area contributed by atoms with E-state index in [0.717, 1.165) is 16.0 Å². The number of aromatic nitrogens is 5. The Morgan fingerprint density at radius 3 is 2.33 bits per heavy atom. The minimum atomic E-state index is -2.66. The standard InChI is InChI=1S/C22H20ClF2N5O2S/c1-2-31-17-7-9-18(10-8-17)32-13-19-27-28-22(30(19)16-5-3-15(23)4-6-16)33-14-20-26-11-12-29(20)21(24)25/h3-12,21H,2,13-14H2,1H3. The fraction of sp³-hybridized carbons (Fsp3) is 0.227. The van der Waals surface area contributed by atoms with Crippen molar-refractivity contribution in [3.63, 3.8) is 0 Å². The largest absolute Gasteiger partial charge is 0.494 e. The maximum atomic E-state index is 13.1. The molecule has 0 aliphatic carbocycles. The number of hydrogen-bond acceptors (Lipinski definition) is 6. The number of hydrogen-bond donors (Lipinski definition) is 0. The number of rotatable bonds is 10. The van der Waals surface area contributed by atoms with Crippen LogP contribution in [0.3, 0.4) is 0 Å². The maximum absolute atomic E-state index is 13.1. The van der Waals surface area contributed by atoms with Crippen molar-refractivity contribution in [2.75, 3.05) is 6.61 Å². The smallest absolute Gasteiger partial charge is 0.319 e. The first-order valence-electron chi connectivity index (χ1n) is 10.0. The quantitative estimate of drug-likeness (QED) is 0.262. The van der Waals surface area contributed by atoms with Crippen LogP contribution >= 0.6 is 23.4 Å². The van der Waals surface area contributed by atoms with Gasteiger partial charge in [-0.25, -0.2) is 4.98 Å². The summed E-state index contributed by atoms with van der Waals surface area (Å²) < 4.78 is 40.3. The molecule has 4 rings (SSSR count). The summed E-state index contributed by atoms with van der Waals surface area (Å²) in [5, 5.41) is 9.64. The predicted octanol–water partition coefficient (Wildman–Crippen LogP) is 5.78. The average molecular weight is 492 g/mol. The summed E-state index contributed by atoms with van der Waals surface area (Å²) in [5.74, 6) is 2.40. The fourth-order valence-electron chi connectivity index (χ4n) is 3.05. The molecule has 0 amide bonds. The van der Waals surface area contributed by atoms with Gasteiger partial charge in [-0.15, -0.1) is 10.2 Å². The molecule has 4 aromatic rings. The number of imidazole rings is 1. The second-order valence-corrected chi connectivity index (χ2v) is 8.10. The third-order valence-electron chi connectivity index (χ3n) is 4.58. The molecule has 0 atom stereocenters. The monoisotopic (exact) mass is 491 g/mol. The molecule has 0 aliphatic heterocycles. The van der Waals surface area contributed by atoms with Crippen molar-refractivity contribution in [3.05, 3.63) is 77.6 Å². The van der Waals surface area contributed by atoms with E-state index >= 15 is 0 Å². The molecule has 2 aromatic carbocycles. The summed E-state index contributed by atoms with van der Waals surface area (Å²) in [6, 6.07) is 14.5. The molecule has 0 aliphatic rings. The average Bonchev–Trinajstić information content (AvgIpc) is 3.45. The van der Waals surface area contributed by atoms with Gasteiger partial charge in [-0.3, -0.25) is 9.13 Å². The van der Waals surface area contributed by atoms with Crippen molar-refractivity contribution >= 4 is 23.4 Å². The third kappa shape index (κ3) is 5.63. The Hall–Kier alpha value is -3.11. The minimum absolute atomic E-state index is 0.149. The number of alkyl halides is 2. The molecule has 172 valence electrons. The molecule has 0 N–H and O–H groups in total. The van der Waals surface area contributed by atoms with Gasteiger partial charge >= 0.3 is 6.55 Å². The summed E-state index contributed by atoms with van der Waals surface area (Å²) >= 11 is 7.30. The van der Waals surface area contributed by atoms with Crippen LogP contribution in [-0.4, -0.2) is 30.9 Å². The van der Waals surface area contributed by atoms with Crippen LogP contribution in [0, 0.1) is 0 Å². The van der Waals surface area contributed by atoms with Crippen molar-refractivity contribution in [2.45, 2.75) is 31.0 Å². The van der Waals surface area contributed by atoms with Crippen LogP contribution in [0.1, 0.15) is 25.1 Å². The summed E-state index contributed by atoms with van der Waals surface area (Å²) in [5.41, 5.74) is 0.773. The van der Waals surface area contributed by atoms with E-state index in [1.165, 1.54) is 24.2 Å². The van der Waals surface area contributed by atoms with Gasteiger partial charge in [0.25, 0.3) is 0 Å². The van der Waals surface area contributed by atoms with Gasteiger partial charge < -0.3 is 9.47 Å². The topological polar surface area (TPSA) is 67.0 Å². The molecule has 0 saturated carbocycles. The first-order chi connectivity index (χ1) is 16.0. The lowest BCUT2D eigenvalue weighted by atomic mass is 10.3. The first-order valence-corrected chi connectivity index (χ1v) is 11.4. The number of ether oxygens (including phenoxy) is 2. The summed E-state index contributed by atoms with van der Waals surface area (Å²) in [6.07, 6.45) is 2.60. The highest BCUT2D eigenvalue weighted by Crippen LogP contribution is 2.27. The number of thioether (sulfide) groups is 1. The highest BCUT2D eigenvalue weighted by atomic mass is 35.5. The summed E-state index contributed by atoms with van der Waals surface area (Å²) in [7, 11) is 0. The van der Waals surface area contributed by atoms with E-state index in [4.69, 9.17) is 21.1 Å². The molecule has 0 fully saturated rings. The molecule has 0 saturated heterocycles. The van der Waals surface area contributed by atoms with Crippen molar-refractivity contribution < 1.29 is 18.3 Å². The lowest BCUT2D eigenvalue weighted by molar-refractivity contribution is 0.0678. The highest BCUT2D eigenvalue weighted by Gasteiger charge is 2.18. The Morgan fingerprint density at radius 2 is 1.67 bits per heavy atom. The van der Waals surface area contributed by atoms with Gasteiger partial charge in [0, 0.05) is 23.1 Å². The molecule has 0 spiro atoms. The van der Waals surface area contributed by atoms with Crippen LogP contribution < -0.4 is 9.47 Å². The molecule has 0 radical (unpaired) electrons. The maximum Gasteiger partial charge on any atom is 0.319 e. The van der Waals surface area contributed by atoms with E-state index in [2.05, 4.69) is 15.2 Å². The number of benzene rings is 2. The molecule has 0 bridgehead atoms. The zero-order chi connectivity index (χ0) is 23.2. The molecule has 0 unspecified atom stereocenters. The van der Waals surface area contributed by atoms with E-state index in [-0.39, 0.29) is 18.2 Å². The second kappa shape index (κ2) is 10.7. The Labute approximate surface area is 198 Å². The number of nitrogens with zero attached hydrogens (tertiary/aromatic N) is 5. The molecule has 2 aromatic heterocycles. The summed E-state index contributed by atoms with van der Waals surface area (Å²) in [4.78, 5) is 4.02. The Bertz CT molecular complexity index is 1180. The zero-order valence-electron chi connectivity index (χ0n) is 17.6. The Morgan fingerprint density at radius 1 is 0.970 bits per heavy atom. The van der Waals surface area contributed by atoms with Gasteiger partial charge in [-0.1, -0.05) is 23.4 Å². The summed E-state index contributed by atoms with van der Waals surface area (Å²) in [6.45, 7) is -0.00169. The van der Waals surface area contributed by atoms with Crippen LogP contribution in [0.15, 0.2) is 66.1 Å². The molecule has 7 nitrogen and oxygen atoms in total. The minimum Gasteiger partial charge on any atom is -0.494 e. The Kier molecular flexibility index (Phi) is 7.46. The normalized spacial score (nSPS) is 11.2. The molecule has 2 heterocycles. The van der Waals surface area contributed by atoms with Crippen LogP contribution in [0.25, 0.3) is 5.69 Å². The van der Waals surface area contributed by atoms with Crippen molar-refractivity contribution in [1.82, 2.24) is 24.3 Å². The van der Waals surface area contributed by atoms with E-state index in [9.17, 15) is 8.78 Å². The highest BCUT2D eigenvalue weighted by molar-refractivity contribution is 7.98. The van der Waals surface area contributed by atoms with Crippen LogP contribution in [0.2, 0.25) is 5.02 Å². The van der Waals surface area contributed by atoms with Crippen LogP contribution in [-0.2, 0) is 12.4 Å². The van der Waals surface area contributed by atoms with Gasteiger partial charge in [-0.05, 0) is 55.5 Å². The van der Waals surface area contributed by atoms with Gasteiger partial charge in [0.2, 0.25) is 0 Å². The first kappa shape index (κ1) is 23.1.